The van der Waals surface area contributed by atoms with E-state index < -0.39 is 6.04 Å². The van der Waals surface area contributed by atoms with Crippen LogP contribution in [0.25, 0.3) is 11.6 Å². The molecule has 0 aliphatic heterocycles. The second kappa shape index (κ2) is 11.2. The molecule has 0 unspecified atom stereocenters. The molecule has 1 aliphatic rings. The monoisotopic (exact) mass is 480 g/mol. The highest BCUT2D eigenvalue weighted by atomic mass is 16.5. The van der Waals surface area contributed by atoms with Gasteiger partial charge in [0.15, 0.2) is 5.76 Å². The molecule has 0 spiro atoms. The van der Waals surface area contributed by atoms with Gasteiger partial charge in [-0.1, -0.05) is 26.2 Å². The van der Waals surface area contributed by atoms with Gasteiger partial charge in [0.05, 0.1) is 7.11 Å². The predicted molar refractivity (Wildman–Crippen MR) is 130 cm³/mol. The number of carbonyl (C=O) groups excluding carboxylic acids is 2. The highest BCUT2D eigenvalue weighted by molar-refractivity contribution is 6.00. The lowest BCUT2D eigenvalue weighted by Gasteiger charge is -2.32. The van der Waals surface area contributed by atoms with Crippen LogP contribution in [0.2, 0.25) is 0 Å². The van der Waals surface area contributed by atoms with E-state index in [4.69, 9.17) is 9.15 Å². The minimum Gasteiger partial charge on any atom is -0.497 e. The summed E-state index contributed by atoms with van der Waals surface area (Å²) in [5.74, 6) is 1.73. The lowest BCUT2D eigenvalue weighted by molar-refractivity contribution is -0.127. The van der Waals surface area contributed by atoms with Crippen LogP contribution in [0.3, 0.4) is 0 Å². The van der Waals surface area contributed by atoms with Crippen LogP contribution in [-0.2, 0) is 16.1 Å². The molecule has 0 saturated heterocycles. The first-order chi connectivity index (χ1) is 17.0. The van der Waals surface area contributed by atoms with E-state index in [0.717, 1.165) is 37.9 Å². The summed E-state index contributed by atoms with van der Waals surface area (Å²) in [5, 5.41) is 15.5. The van der Waals surface area contributed by atoms with Gasteiger partial charge in [0.25, 0.3) is 5.91 Å². The molecule has 2 heterocycles. The number of carbonyl (C=O) groups is 2. The van der Waals surface area contributed by atoms with E-state index in [0.29, 0.717) is 29.4 Å². The third kappa shape index (κ3) is 5.87. The van der Waals surface area contributed by atoms with Crippen molar-refractivity contribution in [2.24, 2.45) is 0 Å². The molecule has 10 heteroatoms. The molecule has 10 nitrogen and oxygen atoms in total. The number of aromatic nitrogens is 4. The number of nitrogens with one attached hydrogen (secondary N) is 1. The fourth-order valence-electron chi connectivity index (χ4n) is 4.42. The van der Waals surface area contributed by atoms with Gasteiger partial charge in [-0.25, -0.2) is 0 Å². The Hall–Kier alpha value is -3.69. The van der Waals surface area contributed by atoms with E-state index in [1.54, 1.807) is 42.3 Å². The second-order valence-electron chi connectivity index (χ2n) is 8.81. The summed E-state index contributed by atoms with van der Waals surface area (Å²) in [5.41, 5.74) is 0.609. The number of ether oxygens (including phenoxy) is 1. The number of benzene rings is 1. The van der Waals surface area contributed by atoms with Crippen molar-refractivity contribution >= 4 is 17.5 Å². The number of amides is 2. The normalized spacial score (nSPS) is 14.6. The molecule has 1 aliphatic carbocycles. The van der Waals surface area contributed by atoms with Gasteiger partial charge in [-0.05, 0) is 67.8 Å². The average molecular weight is 481 g/mol. The minimum atomic E-state index is -0.655. The standard InChI is InChI=1S/C25H32N6O4/c1-4-7-21(25(33)26-18-8-5-6-9-18)31(19-11-13-20(34-3)14-12-19)23(32)16-30-28-24(27-29-30)22-15-10-17(2)35-22/h10-15,18,21H,4-9,16H2,1-3H3,(H,26,33)/t21-/m1/s1. The summed E-state index contributed by atoms with van der Waals surface area (Å²) in [6, 6.07) is 10.2. The van der Waals surface area contributed by atoms with Gasteiger partial charge in [0, 0.05) is 11.7 Å². The van der Waals surface area contributed by atoms with E-state index in [2.05, 4.69) is 20.7 Å². The van der Waals surface area contributed by atoms with Crippen molar-refractivity contribution in [3.63, 3.8) is 0 Å². The van der Waals surface area contributed by atoms with Crippen LogP contribution in [0, 0.1) is 6.92 Å². The maximum atomic E-state index is 13.6. The third-order valence-electron chi connectivity index (χ3n) is 6.19. The average Bonchev–Trinajstić information content (AvgIpc) is 3.62. The fourth-order valence-corrected chi connectivity index (χ4v) is 4.42. The van der Waals surface area contributed by atoms with Crippen molar-refractivity contribution in [3.8, 4) is 17.3 Å². The summed E-state index contributed by atoms with van der Waals surface area (Å²) in [7, 11) is 1.58. The van der Waals surface area contributed by atoms with Crippen LogP contribution in [0.1, 0.15) is 51.2 Å². The van der Waals surface area contributed by atoms with Crippen LogP contribution < -0.4 is 15.0 Å². The predicted octanol–water partition coefficient (Wildman–Crippen LogP) is 3.51. The number of hydrogen-bond donors (Lipinski definition) is 1. The first-order valence-electron chi connectivity index (χ1n) is 12.1. The number of furan rings is 1. The number of anilines is 1. The second-order valence-corrected chi connectivity index (χ2v) is 8.81. The quantitative estimate of drug-likeness (QED) is 0.472. The molecule has 1 saturated carbocycles. The van der Waals surface area contributed by atoms with Crippen LogP contribution in [-0.4, -0.2) is 51.2 Å². The third-order valence-corrected chi connectivity index (χ3v) is 6.19. The zero-order chi connectivity index (χ0) is 24.8. The minimum absolute atomic E-state index is 0.138. The molecular weight excluding hydrogens is 448 g/mol. The number of nitrogens with zero attached hydrogens (tertiary/aromatic N) is 5. The lowest BCUT2D eigenvalue weighted by Crippen LogP contribution is -2.52. The van der Waals surface area contributed by atoms with Crippen LogP contribution in [0.5, 0.6) is 5.75 Å². The van der Waals surface area contributed by atoms with Crippen molar-refractivity contribution in [1.29, 1.82) is 0 Å². The maximum absolute atomic E-state index is 13.6. The van der Waals surface area contributed by atoms with Gasteiger partial charge in [0.2, 0.25) is 11.7 Å². The van der Waals surface area contributed by atoms with Gasteiger partial charge in [0.1, 0.15) is 24.1 Å². The van der Waals surface area contributed by atoms with E-state index in [9.17, 15) is 9.59 Å². The van der Waals surface area contributed by atoms with Crippen LogP contribution in [0.15, 0.2) is 40.8 Å². The Morgan fingerprint density at radius 1 is 1.20 bits per heavy atom. The lowest BCUT2D eigenvalue weighted by atomic mass is 10.1. The van der Waals surface area contributed by atoms with Crippen molar-refractivity contribution in [2.75, 3.05) is 12.0 Å². The van der Waals surface area contributed by atoms with Gasteiger partial charge >= 0.3 is 0 Å². The molecule has 1 aromatic carbocycles. The molecule has 1 atom stereocenters. The van der Waals surface area contributed by atoms with Crippen molar-refractivity contribution < 1.29 is 18.7 Å². The number of rotatable bonds is 10. The van der Waals surface area contributed by atoms with Crippen LogP contribution >= 0.6 is 0 Å². The summed E-state index contributed by atoms with van der Waals surface area (Å²) in [6.07, 6.45) is 5.43. The Bertz CT molecular complexity index is 1130. The maximum Gasteiger partial charge on any atom is 0.251 e. The van der Waals surface area contributed by atoms with Crippen LogP contribution in [0.4, 0.5) is 5.69 Å². The van der Waals surface area contributed by atoms with Gasteiger partial charge in [-0.2, -0.15) is 4.80 Å². The van der Waals surface area contributed by atoms with E-state index in [1.807, 2.05) is 19.9 Å². The van der Waals surface area contributed by atoms with E-state index in [-0.39, 0.29) is 24.4 Å². The number of tetrazole rings is 1. The van der Waals surface area contributed by atoms with Gasteiger partial charge in [-0.15, -0.1) is 10.2 Å². The summed E-state index contributed by atoms with van der Waals surface area (Å²) in [4.78, 5) is 29.8. The summed E-state index contributed by atoms with van der Waals surface area (Å²) >= 11 is 0. The molecule has 0 bridgehead atoms. The highest BCUT2D eigenvalue weighted by Gasteiger charge is 2.33. The molecule has 2 aromatic heterocycles. The first kappa shape index (κ1) is 24.4. The Balaban J connectivity index is 1.60. The Morgan fingerprint density at radius 2 is 1.94 bits per heavy atom. The molecule has 35 heavy (non-hydrogen) atoms. The van der Waals surface area contributed by atoms with E-state index in [1.165, 1.54) is 4.80 Å². The molecular formula is C25H32N6O4. The Kier molecular flexibility index (Phi) is 7.79. The zero-order valence-electron chi connectivity index (χ0n) is 20.4. The zero-order valence-corrected chi connectivity index (χ0v) is 20.4. The first-order valence-corrected chi connectivity index (χ1v) is 12.1. The number of methoxy groups -OCH3 is 1. The fraction of sp³-hybridized carbons (Fsp3) is 0.480. The van der Waals surface area contributed by atoms with Crippen molar-refractivity contribution in [3.05, 3.63) is 42.2 Å². The SMILES string of the molecule is CCC[C@H](C(=O)NC1CCCC1)N(C(=O)Cn1nnc(-c2ccc(C)o2)n1)c1ccc(OC)cc1. The molecule has 186 valence electrons. The molecule has 1 N–H and O–H groups in total. The Labute approximate surface area is 204 Å². The summed E-state index contributed by atoms with van der Waals surface area (Å²) < 4.78 is 10.8. The number of aryl methyl sites for hydroxylation is 1. The van der Waals surface area contributed by atoms with E-state index >= 15 is 0 Å². The molecule has 1 fully saturated rings. The topological polar surface area (TPSA) is 115 Å². The molecule has 0 radical (unpaired) electrons. The Morgan fingerprint density at radius 3 is 2.57 bits per heavy atom. The smallest absolute Gasteiger partial charge is 0.251 e. The molecule has 2 amide bonds. The summed E-state index contributed by atoms with van der Waals surface area (Å²) in [6.45, 7) is 3.66. The largest absolute Gasteiger partial charge is 0.497 e. The molecule has 4 rings (SSSR count). The van der Waals surface area contributed by atoms with Gasteiger partial charge in [-0.3, -0.25) is 14.5 Å². The van der Waals surface area contributed by atoms with Crippen molar-refractivity contribution in [1.82, 2.24) is 25.5 Å². The number of hydrogen-bond acceptors (Lipinski definition) is 7. The highest BCUT2D eigenvalue weighted by Crippen LogP contribution is 2.25. The van der Waals surface area contributed by atoms with Gasteiger partial charge < -0.3 is 14.5 Å². The molecule has 3 aromatic rings. The van der Waals surface area contributed by atoms with Crippen molar-refractivity contribution in [2.45, 2.75) is 71.0 Å².